The number of anilines is 1. The lowest BCUT2D eigenvalue weighted by Crippen LogP contribution is -2.12. The van der Waals surface area contributed by atoms with E-state index in [0.717, 1.165) is 4.47 Å². The molecule has 0 aliphatic carbocycles. The third-order valence-electron chi connectivity index (χ3n) is 2.28. The van der Waals surface area contributed by atoms with Crippen molar-refractivity contribution in [2.24, 2.45) is 0 Å². The number of hydrogen-bond donors (Lipinski definition) is 1. The number of carbonyl (C=O) groups excluding carboxylic acids is 1. The van der Waals surface area contributed by atoms with Gasteiger partial charge in [-0.2, -0.15) is 0 Å². The van der Waals surface area contributed by atoms with Crippen molar-refractivity contribution in [1.82, 2.24) is 0 Å². The van der Waals surface area contributed by atoms with Crippen molar-refractivity contribution in [2.45, 2.75) is 0 Å². The Morgan fingerprint density at radius 1 is 1.06 bits per heavy atom. The molecule has 0 atom stereocenters. The van der Waals surface area contributed by atoms with Crippen LogP contribution in [0.3, 0.4) is 0 Å². The number of halogens is 3. The van der Waals surface area contributed by atoms with E-state index in [1.165, 1.54) is 6.07 Å². The maximum absolute atomic E-state index is 12.0. The third kappa shape index (κ3) is 3.25. The minimum atomic E-state index is -0.287. The van der Waals surface area contributed by atoms with Gasteiger partial charge in [-0.15, -0.1) is 0 Å². The first-order valence-corrected chi connectivity index (χ1v) is 6.63. The predicted octanol–water partition coefficient (Wildman–Crippen LogP) is 5.01. The normalized spacial score (nSPS) is 10.2. The van der Waals surface area contributed by atoms with Crippen molar-refractivity contribution in [3.63, 3.8) is 0 Å². The molecule has 0 spiro atoms. The van der Waals surface area contributed by atoms with Crippen molar-refractivity contribution >= 4 is 50.7 Å². The number of benzene rings is 2. The van der Waals surface area contributed by atoms with E-state index in [1.807, 2.05) is 12.1 Å². The van der Waals surface area contributed by atoms with Crippen LogP contribution in [0.4, 0.5) is 5.69 Å². The molecule has 0 aromatic heterocycles. The summed E-state index contributed by atoms with van der Waals surface area (Å²) < 4.78 is 0.946. The van der Waals surface area contributed by atoms with Gasteiger partial charge in [0.05, 0.1) is 10.6 Å². The molecule has 0 aliphatic heterocycles. The Labute approximate surface area is 123 Å². The van der Waals surface area contributed by atoms with Gasteiger partial charge >= 0.3 is 0 Å². The molecule has 92 valence electrons. The molecule has 18 heavy (non-hydrogen) atoms. The summed E-state index contributed by atoms with van der Waals surface area (Å²) in [6, 6.07) is 12.0. The molecule has 2 nitrogen and oxygen atoms in total. The maximum atomic E-state index is 12.0. The molecular formula is C13H8BrCl2NO. The third-order valence-corrected chi connectivity index (χ3v) is 3.37. The molecule has 1 amide bonds. The summed E-state index contributed by atoms with van der Waals surface area (Å²) in [4.78, 5) is 12.0. The Balaban J connectivity index is 2.21. The number of carbonyl (C=O) groups is 1. The van der Waals surface area contributed by atoms with Gasteiger partial charge in [-0.05, 0) is 42.5 Å². The summed E-state index contributed by atoms with van der Waals surface area (Å²) in [6.07, 6.45) is 0. The summed E-state index contributed by atoms with van der Waals surface area (Å²) in [5.74, 6) is -0.287. The molecule has 0 unspecified atom stereocenters. The Kier molecular flexibility index (Phi) is 4.27. The first kappa shape index (κ1) is 13.4. The highest BCUT2D eigenvalue weighted by atomic mass is 79.9. The van der Waals surface area contributed by atoms with Crippen molar-refractivity contribution in [3.8, 4) is 0 Å². The van der Waals surface area contributed by atoms with Crippen LogP contribution in [-0.2, 0) is 0 Å². The lowest BCUT2D eigenvalue weighted by molar-refractivity contribution is 0.102. The van der Waals surface area contributed by atoms with E-state index in [2.05, 4.69) is 21.2 Å². The zero-order valence-corrected chi connectivity index (χ0v) is 12.2. The van der Waals surface area contributed by atoms with Crippen LogP contribution in [0.1, 0.15) is 10.4 Å². The minimum absolute atomic E-state index is 0.287. The molecule has 5 heteroatoms. The first-order chi connectivity index (χ1) is 8.56. The SMILES string of the molecule is O=C(Nc1ccc(Br)cc1)c1cc(Cl)ccc1Cl. The fourth-order valence-electron chi connectivity index (χ4n) is 1.40. The average molecular weight is 345 g/mol. The van der Waals surface area contributed by atoms with Gasteiger partial charge in [0.15, 0.2) is 0 Å². The van der Waals surface area contributed by atoms with E-state index >= 15 is 0 Å². The number of amides is 1. The predicted molar refractivity (Wildman–Crippen MR) is 78.6 cm³/mol. The largest absolute Gasteiger partial charge is 0.322 e. The van der Waals surface area contributed by atoms with Gasteiger partial charge in [0, 0.05) is 15.2 Å². The Morgan fingerprint density at radius 2 is 1.72 bits per heavy atom. The summed E-state index contributed by atoms with van der Waals surface area (Å²) in [5.41, 5.74) is 1.05. The Morgan fingerprint density at radius 3 is 2.39 bits per heavy atom. The fraction of sp³-hybridized carbons (Fsp3) is 0. The number of hydrogen-bond acceptors (Lipinski definition) is 1. The topological polar surface area (TPSA) is 29.1 Å². The van der Waals surface area contributed by atoms with Crippen molar-refractivity contribution < 1.29 is 4.79 Å². The van der Waals surface area contributed by atoms with Crippen LogP contribution < -0.4 is 5.32 Å². The van der Waals surface area contributed by atoms with Crippen LogP contribution >= 0.6 is 39.1 Å². The number of nitrogens with one attached hydrogen (secondary N) is 1. The van der Waals surface area contributed by atoms with E-state index in [0.29, 0.717) is 21.3 Å². The molecule has 0 aliphatic rings. The lowest BCUT2D eigenvalue weighted by atomic mass is 10.2. The van der Waals surface area contributed by atoms with Gasteiger partial charge in [-0.25, -0.2) is 0 Å². The second kappa shape index (κ2) is 5.74. The first-order valence-electron chi connectivity index (χ1n) is 5.08. The molecule has 2 aromatic rings. The highest BCUT2D eigenvalue weighted by Crippen LogP contribution is 2.22. The lowest BCUT2D eigenvalue weighted by Gasteiger charge is -2.07. The van der Waals surface area contributed by atoms with Crippen LogP contribution in [0, 0.1) is 0 Å². The second-order valence-corrected chi connectivity index (χ2v) is 5.34. The highest BCUT2D eigenvalue weighted by molar-refractivity contribution is 9.10. The fourth-order valence-corrected chi connectivity index (χ4v) is 2.04. The molecule has 2 aromatic carbocycles. The average Bonchev–Trinajstić information content (AvgIpc) is 2.35. The molecule has 0 saturated carbocycles. The van der Waals surface area contributed by atoms with Gasteiger partial charge in [0.2, 0.25) is 0 Å². The smallest absolute Gasteiger partial charge is 0.257 e. The van der Waals surface area contributed by atoms with Gasteiger partial charge in [0.1, 0.15) is 0 Å². The zero-order valence-electron chi connectivity index (χ0n) is 9.08. The summed E-state index contributed by atoms with van der Waals surface area (Å²) >= 11 is 15.1. The van der Waals surface area contributed by atoms with E-state index < -0.39 is 0 Å². The van der Waals surface area contributed by atoms with Crippen LogP contribution in [-0.4, -0.2) is 5.91 Å². The summed E-state index contributed by atoms with van der Waals surface area (Å²) in [7, 11) is 0. The van der Waals surface area contributed by atoms with E-state index in [4.69, 9.17) is 23.2 Å². The molecule has 0 bridgehead atoms. The van der Waals surface area contributed by atoms with Crippen molar-refractivity contribution in [1.29, 1.82) is 0 Å². The maximum Gasteiger partial charge on any atom is 0.257 e. The highest BCUT2D eigenvalue weighted by Gasteiger charge is 2.11. The van der Waals surface area contributed by atoms with Gasteiger partial charge < -0.3 is 5.32 Å². The van der Waals surface area contributed by atoms with Crippen molar-refractivity contribution in [2.75, 3.05) is 5.32 Å². The molecule has 0 radical (unpaired) electrons. The molecule has 2 rings (SSSR count). The van der Waals surface area contributed by atoms with E-state index in [9.17, 15) is 4.79 Å². The Hall–Kier alpha value is -1.03. The molecule has 0 saturated heterocycles. The van der Waals surface area contributed by atoms with Gasteiger partial charge in [-0.1, -0.05) is 39.1 Å². The molecular weight excluding hydrogens is 337 g/mol. The van der Waals surface area contributed by atoms with E-state index in [-0.39, 0.29) is 5.91 Å². The van der Waals surface area contributed by atoms with Crippen LogP contribution in [0.5, 0.6) is 0 Å². The monoisotopic (exact) mass is 343 g/mol. The van der Waals surface area contributed by atoms with Crippen LogP contribution in [0.25, 0.3) is 0 Å². The Bertz CT molecular complexity index is 584. The standard InChI is InChI=1S/C13H8BrCl2NO/c14-8-1-4-10(5-2-8)17-13(18)11-7-9(15)3-6-12(11)16/h1-7H,(H,17,18). The molecule has 0 heterocycles. The number of rotatable bonds is 2. The van der Waals surface area contributed by atoms with Crippen molar-refractivity contribution in [3.05, 3.63) is 62.5 Å². The zero-order chi connectivity index (χ0) is 13.1. The van der Waals surface area contributed by atoms with E-state index in [1.54, 1.807) is 24.3 Å². The summed E-state index contributed by atoms with van der Waals surface area (Å²) in [5, 5.41) is 3.59. The van der Waals surface area contributed by atoms with Gasteiger partial charge in [0.25, 0.3) is 5.91 Å². The summed E-state index contributed by atoms with van der Waals surface area (Å²) in [6.45, 7) is 0. The molecule has 0 fully saturated rings. The quantitative estimate of drug-likeness (QED) is 0.815. The van der Waals surface area contributed by atoms with Crippen LogP contribution in [0.15, 0.2) is 46.9 Å². The molecule has 1 N–H and O–H groups in total. The second-order valence-electron chi connectivity index (χ2n) is 3.59. The minimum Gasteiger partial charge on any atom is -0.322 e. The van der Waals surface area contributed by atoms with Gasteiger partial charge in [-0.3, -0.25) is 4.79 Å². The van der Waals surface area contributed by atoms with Crippen LogP contribution in [0.2, 0.25) is 10.0 Å².